The van der Waals surface area contributed by atoms with E-state index in [1.165, 1.54) is 4.90 Å². The van der Waals surface area contributed by atoms with Crippen LogP contribution in [-0.2, 0) is 4.79 Å². The topological polar surface area (TPSA) is 67.6 Å². The Morgan fingerprint density at radius 3 is 2.53 bits per heavy atom. The molecule has 2 aromatic carbocycles. The van der Waals surface area contributed by atoms with Crippen molar-refractivity contribution in [3.8, 4) is 11.4 Å². The van der Waals surface area contributed by atoms with Gasteiger partial charge in [-0.1, -0.05) is 6.07 Å². The predicted octanol–water partition coefficient (Wildman–Crippen LogP) is 4.88. The highest BCUT2D eigenvalue weighted by atomic mass is 19.2. The van der Waals surface area contributed by atoms with Gasteiger partial charge in [-0.15, -0.1) is 0 Å². The van der Waals surface area contributed by atoms with Gasteiger partial charge in [0.2, 0.25) is 0 Å². The van der Waals surface area contributed by atoms with Crippen molar-refractivity contribution >= 4 is 12.0 Å². The Morgan fingerprint density at radius 2 is 1.86 bits per heavy atom. The zero-order valence-corrected chi connectivity index (χ0v) is 19.9. The van der Waals surface area contributed by atoms with Crippen molar-refractivity contribution < 1.29 is 27.8 Å². The Hall–Kier alpha value is -3.59. The van der Waals surface area contributed by atoms with Crippen LogP contribution >= 0.6 is 0 Å². The fourth-order valence-corrected chi connectivity index (χ4v) is 5.26. The van der Waals surface area contributed by atoms with Crippen LogP contribution in [0.4, 0.5) is 13.2 Å². The second-order valence-electron chi connectivity index (χ2n) is 9.32. The first-order chi connectivity index (χ1) is 17.3. The summed E-state index contributed by atoms with van der Waals surface area (Å²) in [5, 5.41) is 10.7. The minimum Gasteiger partial charge on any atom is -0.495 e. The molecule has 1 amide bonds. The number of rotatable bonds is 4. The summed E-state index contributed by atoms with van der Waals surface area (Å²) < 4.78 is 49.0. The lowest BCUT2D eigenvalue weighted by Crippen LogP contribution is -2.53. The molecule has 5 rings (SSSR count). The van der Waals surface area contributed by atoms with E-state index in [1.54, 1.807) is 19.5 Å². The maximum atomic E-state index is 14.0. The number of carbonyl (C=O) groups is 1. The summed E-state index contributed by atoms with van der Waals surface area (Å²) in [6.45, 7) is 1.89. The van der Waals surface area contributed by atoms with Gasteiger partial charge >= 0.3 is 0 Å². The van der Waals surface area contributed by atoms with Gasteiger partial charge in [0.05, 0.1) is 37.0 Å². The van der Waals surface area contributed by atoms with E-state index in [9.17, 15) is 23.1 Å². The molecular weight excluding hydrogens is 471 g/mol. The normalized spacial score (nSPS) is 23.2. The number of aliphatic hydroxyl groups is 1. The standard InChI is InChI=1S/C27H26F3N3O3/c1-15-13-32(14-31-15)22-7-3-16(10-24(22)36-2)9-17-4-5-19-6-8-23(34)26(33(19)27(17)35)18-11-20(28)25(30)21(29)12-18/h3,7,9-14,19,23,26,34H,4-6,8H2,1-2H3/t19-,23-,26-/m0/s1. The Kier molecular flexibility index (Phi) is 6.34. The monoisotopic (exact) mass is 497 g/mol. The highest BCUT2D eigenvalue weighted by molar-refractivity contribution is 5.99. The van der Waals surface area contributed by atoms with E-state index in [4.69, 9.17) is 4.74 Å². The summed E-state index contributed by atoms with van der Waals surface area (Å²) in [6, 6.07) is 6.14. The largest absolute Gasteiger partial charge is 0.495 e. The molecule has 0 bridgehead atoms. The third-order valence-corrected chi connectivity index (χ3v) is 6.99. The Balaban J connectivity index is 1.48. The van der Waals surface area contributed by atoms with Crippen molar-refractivity contribution in [3.05, 3.63) is 82.7 Å². The van der Waals surface area contributed by atoms with Crippen molar-refractivity contribution in [2.75, 3.05) is 7.11 Å². The number of halogens is 3. The third-order valence-electron chi connectivity index (χ3n) is 6.99. The van der Waals surface area contributed by atoms with Gasteiger partial charge in [0, 0.05) is 17.8 Å². The minimum atomic E-state index is -1.57. The number of hydrogen-bond acceptors (Lipinski definition) is 4. The number of piperidine rings is 2. The van der Waals surface area contributed by atoms with Gasteiger partial charge in [-0.05, 0) is 74.1 Å². The summed E-state index contributed by atoms with van der Waals surface area (Å²) in [6.07, 6.45) is 6.46. The second-order valence-corrected chi connectivity index (χ2v) is 9.32. The third kappa shape index (κ3) is 4.28. The number of carbonyl (C=O) groups excluding carboxylic acids is 1. The smallest absolute Gasteiger partial charge is 0.250 e. The molecule has 1 N–H and O–H groups in total. The molecule has 1 aromatic heterocycles. The number of hydrogen-bond donors (Lipinski definition) is 1. The van der Waals surface area contributed by atoms with Crippen LogP contribution in [0.1, 0.15) is 48.5 Å². The van der Waals surface area contributed by atoms with Crippen molar-refractivity contribution in [3.63, 3.8) is 0 Å². The van der Waals surface area contributed by atoms with Gasteiger partial charge in [-0.2, -0.15) is 0 Å². The highest BCUT2D eigenvalue weighted by Gasteiger charge is 2.43. The molecule has 9 heteroatoms. The summed E-state index contributed by atoms with van der Waals surface area (Å²) >= 11 is 0. The summed E-state index contributed by atoms with van der Waals surface area (Å²) in [4.78, 5) is 19.4. The molecule has 6 nitrogen and oxygen atoms in total. The zero-order chi connectivity index (χ0) is 25.6. The quantitative estimate of drug-likeness (QED) is 0.412. The molecule has 0 aliphatic carbocycles. The van der Waals surface area contributed by atoms with E-state index in [2.05, 4.69) is 4.98 Å². The molecule has 2 aliphatic rings. The zero-order valence-electron chi connectivity index (χ0n) is 19.9. The number of benzene rings is 2. The summed E-state index contributed by atoms with van der Waals surface area (Å²) in [5.74, 6) is -3.98. The van der Waals surface area contributed by atoms with Gasteiger partial charge < -0.3 is 19.3 Å². The lowest BCUT2D eigenvalue weighted by atomic mass is 9.82. The number of amides is 1. The van der Waals surface area contributed by atoms with E-state index < -0.39 is 29.6 Å². The molecule has 2 aliphatic heterocycles. The number of methoxy groups -OCH3 is 1. The number of aliphatic hydroxyl groups excluding tert-OH is 1. The molecule has 36 heavy (non-hydrogen) atoms. The average Bonchev–Trinajstić information content (AvgIpc) is 3.30. The SMILES string of the molecule is COc1cc(C=C2CC[C@H]3CC[C@H](O)[C@H](c4cc(F)c(F)c(F)c4)N3C2=O)ccc1-n1cnc(C)c1. The number of aromatic nitrogens is 2. The predicted molar refractivity (Wildman–Crippen MR) is 127 cm³/mol. The number of ether oxygens (including phenoxy) is 1. The van der Waals surface area contributed by atoms with Gasteiger partial charge in [0.15, 0.2) is 17.5 Å². The van der Waals surface area contributed by atoms with E-state index in [0.29, 0.717) is 37.0 Å². The van der Waals surface area contributed by atoms with Crippen LogP contribution in [0.2, 0.25) is 0 Å². The van der Waals surface area contributed by atoms with Crippen LogP contribution in [0.15, 0.2) is 48.4 Å². The van der Waals surface area contributed by atoms with Gasteiger partial charge in [-0.3, -0.25) is 4.79 Å². The Bertz CT molecular complexity index is 1330. The summed E-state index contributed by atoms with van der Waals surface area (Å²) in [5.41, 5.74) is 2.98. The van der Waals surface area contributed by atoms with E-state index in [-0.39, 0.29) is 17.5 Å². The molecule has 3 heterocycles. The molecule has 2 saturated heterocycles. The van der Waals surface area contributed by atoms with Gasteiger partial charge in [0.1, 0.15) is 5.75 Å². The maximum Gasteiger partial charge on any atom is 0.250 e. The van der Waals surface area contributed by atoms with Crippen molar-refractivity contribution in [2.45, 2.75) is 50.8 Å². The fraction of sp³-hybridized carbons (Fsp3) is 0.333. The molecule has 188 valence electrons. The molecule has 0 saturated carbocycles. The van der Waals surface area contributed by atoms with Gasteiger partial charge in [0.25, 0.3) is 5.91 Å². The second kappa shape index (κ2) is 9.46. The molecule has 0 unspecified atom stereocenters. The molecule has 3 atom stereocenters. The molecule has 0 radical (unpaired) electrons. The van der Waals surface area contributed by atoms with E-state index in [0.717, 1.165) is 29.1 Å². The van der Waals surface area contributed by atoms with Crippen molar-refractivity contribution in [1.29, 1.82) is 0 Å². The molecule has 3 aromatic rings. The first-order valence-corrected chi connectivity index (χ1v) is 11.8. The number of imidazole rings is 1. The fourth-order valence-electron chi connectivity index (χ4n) is 5.26. The van der Waals surface area contributed by atoms with Crippen LogP contribution in [0.5, 0.6) is 5.75 Å². The minimum absolute atomic E-state index is 0.0415. The molecular formula is C27H26F3N3O3. The number of nitrogens with zero attached hydrogens (tertiary/aromatic N) is 3. The number of aryl methyl sites for hydroxylation is 1. The first-order valence-electron chi connectivity index (χ1n) is 11.8. The first kappa shape index (κ1) is 24.1. The number of fused-ring (bicyclic) bond motifs is 1. The summed E-state index contributed by atoms with van der Waals surface area (Å²) in [7, 11) is 1.57. The Labute approximate surface area is 206 Å². The van der Waals surface area contributed by atoms with Crippen LogP contribution in [0, 0.1) is 24.4 Å². The Morgan fingerprint density at radius 1 is 1.11 bits per heavy atom. The van der Waals surface area contributed by atoms with Crippen LogP contribution in [0.3, 0.4) is 0 Å². The van der Waals surface area contributed by atoms with E-state index in [1.807, 2.05) is 35.9 Å². The molecule has 0 spiro atoms. The van der Waals surface area contributed by atoms with Crippen LogP contribution in [0.25, 0.3) is 11.8 Å². The van der Waals surface area contributed by atoms with E-state index >= 15 is 0 Å². The van der Waals surface area contributed by atoms with Crippen LogP contribution in [-0.4, -0.2) is 44.7 Å². The lowest BCUT2D eigenvalue weighted by molar-refractivity contribution is -0.142. The molecule has 2 fully saturated rings. The van der Waals surface area contributed by atoms with Crippen LogP contribution < -0.4 is 4.74 Å². The average molecular weight is 498 g/mol. The lowest BCUT2D eigenvalue weighted by Gasteiger charge is -2.48. The van der Waals surface area contributed by atoms with Crippen molar-refractivity contribution in [1.82, 2.24) is 14.5 Å². The maximum absolute atomic E-state index is 14.0. The van der Waals surface area contributed by atoms with Crippen molar-refractivity contribution in [2.24, 2.45) is 0 Å². The highest BCUT2D eigenvalue weighted by Crippen LogP contribution is 2.41. The van der Waals surface area contributed by atoms with Gasteiger partial charge in [-0.25, -0.2) is 18.2 Å².